The molecule has 0 aliphatic heterocycles. The second-order valence-electron chi connectivity index (χ2n) is 2.12. The van der Waals surface area contributed by atoms with Gasteiger partial charge in [0, 0.05) is 0 Å². The van der Waals surface area contributed by atoms with Crippen LogP contribution in [0.15, 0.2) is 29.2 Å². The van der Waals surface area contributed by atoms with Crippen LogP contribution in [0.25, 0.3) is 0 Å². The van der Waals surface area contributed by atoms with Crippen molar-refractivity contribution in [3.05, 3.63) is 24.3 Å². The van der Waals surface area contributed by atoms with Crippen LogP contribution in [0, 0.1) is 0 Å². The van der Waals surface area contributed by atoms with Crippen LogP contribution in [0.2, 0.25) is 0 Å². The summed E-state index contributed by atoms with van der Waals surface area (Å²) in [5.41, 5.74) is 0.386. The van der Waals surface area contributed by atoms with E-state index in [0.29, 0.717) is 5.46 Å². The molecule has 0 aliphatic rings. The zero-order valence-electron chi connectivity index (χ0n) is 6.58. The fourth-order valence-corrected chi connectivity index (χ4v) is 1.26. The van der Waals surface area contributed by atoms with Gasteiger partial charge in [-0.25, -0.2) is 0 Å². The van der Waals surface area contributed by atoms with Gasteiger partial charge in [-0.3, -0.25) is 0 Å². The molecule has 0 amide bonds. The minimum Gasteiger partial charge on any atom is -0.870 e. The summed E-state index contributed by atoms with van der Waals surface area (Å²) < 4.78 is 21.4. The summed E-state index contributed by atoms with van der Waals surface area (Å²) in [6, 6.07) is 5.84. The van der Waals surface area contributed by atoms with Crippen molar-refractivity contribution in [1.82, 2.24) is 0 Å². The van der Waals surface area contributed by atoms with Crippen LogP contribution in [0.3, 0.4) is 0 Å². The van der Waals surface area contributed by atoms with E-state index in [0.717, 1.165) is 0 Å². The summed E-state index contributed by atoms with van der Waals surface area (Å²) in [4.78, 5) is 0.0394. The normalized spacial score (nSPS) is 9.77. The van der Waals surface area contributed by atoms with Gasteiger partial charge in [-0.05, 0) is 0 Å². The summed E-state index contributed by atoms with van der Waals surface area (Å²) in [7, 11) is 1.73. The maximum atomic E-state index is 10.7. The third-order valence-electron chi connectivity index (χ3n) is 1.19. The molecule has 0 fully saturated rings. The quantitative estimate of drug-likeness (QED) is 0.572. The van der Waals surface area contributed by atoms with Crippen molar-refractivity contribution in [2.45, 2.75) is 4.90 Å². The van der Waals surface area contributed by atoms with Gasteiger partial charge < -0.3 is 11.0 Å². The van der Waals surface area contributed by atoms with Gasteiger partial charge in [0.2, 0.25) is 0 Å². The van der Waals surface area contributed by atoms with Crippen LogP contribution < -0.4 is 10.6 Å². The molecule has 0 aromatic heterocycles. The summed E-state index contributed by atoms with van der Waals surface area (Å²) in [6.07, 6.45) is 0. The number of hydrogen-bond donors (Lipinski definition) is 1. The molecule has 4 N–H and O–H groups in total. The number of rotatable bonds is 1. The molecule has 0 aliphatic carbocycles. The Balaban J connectivity index is 0. The smallest absolute Gasteiger partial charge is 0.870 e. The van der Waals surface area contributed by atoms with Crippen LogP contribution in [-0.4, -0.2) is 27.2 Å². The molecule has 0 radical (unpaired) electrons. The maximum Gasteiger partial charge on any atom is -0.870 e. The zero-order chi connectivity index (χ0) is 8.48. The summed E-state index contributed by atoms with van der Waals surface area (Å²) >= 11 is 0. The zero-order valence-corrected chi connectivity index (χ0v) is 7.40. The summed E-state index contributed by atoms with van der Waals surface area (Å²) in [6.45, 7) is 0. The number of sulfonamides is 1. The first-order valence-corrected chi connectivity index (χ1v) is 4.43. The second-order valence-corrected chi connectivity index (χ2v) is 3.68. The Kier molecular flexibility index (Phi) is 5.60. The van der Waals surface area contributed by atoms with E-state index in [1.54, 1.807) is 6.07 Å². The van der Waals surface area contributed by atoms with Gasteiger partial charge >= 0.3 is 66.1 Å². The summed E-state index contributed by atoms with van der Waals surface area (Å²) in [5.74, 6) is 0. The molecular weight excluding hydrogens is 193 g/mol. The molecule has 1 aromatic rings. The topological polar surface area (TPSA) is 120 Å². The molecule has 0 spiro atoms. The van der Waals surface area contributed by atoms with Crippen LogP contribution in [0.1, 0.15) is 0 Å². The van der Waals surface area contributed by atoms with E-state index in [9.17, 15) is 8.42 Å². The van der Waals surface area contributed by atoms with Gasteiger partial charge in [-0.2, -0.15) is 0 Å². The average molecular weight is 201 g/mol. The Labute approximate surface area is 77.6 Å². The van der Waals surface area contributed by atoms with Crippen molar-refractivity contribution in [3.63, 3.8) is 0 Å². The Bertz CT molecular complexity index is 365. The van der Waals surface area contributed by atoms with Gasteiger partial charge in [0.25, 0.3) is 0 Å². The predicted octanol–water partition coefficient (Wildman–Crippen LogP) is -1.23. The van der Waals surface area contributed by atoms with E-state index in [1.807, 2.05) is 0 Å². The van der Waals surface area contributed by atoms with E-state index in [-0.39, 0.29) is 15.8 Å². The summed E-state index contributed by atoms with van der Waals surface area (Å²) in [5, 5.41) is 4.84. The van der Waals surface area contributed by atoms with Gasteiger partial charge in [0.1, 0.15) is 0 Å². The van der Waals surface area contributed by atoms with Gasteiger partial charge in [-0.1, -0.05) is 0 Å². The van der Waals surface area contributed by atoms with Crippen molar-refractivity contribution in [3.8, 4) is 0 Å². The van der Waals surface area contributed by atoms with Crippen molar-refractivity contribution < 1.29 is 19.4 Å². The third kappa shape index (κ3) is 4.04. The van der Waals surface area contributed by atoms with E-state index in [1.165, 1.54) is 18.2 Å². The third-order valence-corrected chi connectivity index (χ3v) is 2.10. The van der Waals surface area contributed by atoms with E-state index in [2.05, 4.69) is 0 Å². The predicted molar refractivity (Wildman–Crippen MR) is 47.1 cm³/mol. The second kappa shape index (κ2) is 4.98. The molecule has 7 heteroatoms. The monoisotopic (exact) mass is 201 g/mol. The van der Waals surface area contributed by atoms with E-state index in [4.69, 9.17) is 13.0 Å². The number of primary sulfonamides is 1. The molecule has 0 heterocycles. The van der Waals surface area contributed by atoms with Crippen LogP contribution >= 0.6 is 0 Å². The molecule has 1 rings (SSSR count). The molecule has 0 atom stereocenters. The Morgan fingerprint density at radius 1 is 1.23 bits per heavy atom. The molecule has 13 heavy (non-hydrogen) atoms. The molecule has 0 saturated carbocycles. The number of hydrogen-bond acceptors (Lipinski definition) is 4. The van der Waals surface area contributed by atoms with Gasteiger partial charge in [0.15, 0.2) is 0 Å². The van der Waals surface area contributed by atoms with Crippen molar-refractivity contribution in [1.29, 1.82) is 0 Å². The fraction of sp³-hybridized carbons (Fsp3) is 0. The molecule has 5 nitrogen and oxygen atoms in total. The first kappa shape index (κ1) is 14.6. The van der Waals surface area contributed by atoms with Gasteiger partial charge in [0.05, 0.1) is 0 Å². The largest absolute Gasteiger partial charge is 0.870 e. The van der Waals surface area contributed by atoms with Crippen molar-refractivity contribution >= 4 is 23.3 Å². The van der Waals surface area contributed by atoms with Gasteiger partial charge in [-0.15, -0.1) is 0 Å². The minimum absolute atomic E-state index is 0. The number of benzene rings is 1. The van der Waals surface area contributed by atoms with Crippen LogP contribution in [-0.2, 0) is 10.0 Å². The van der Waals surface area contributed by atoms with Crippen molar-refractivity contribution in [2.24, 2.45) is 5.14 Å². The Morgan fingerprint density at radius 2 is 1.77 bits per heavy atom. The first-order valence-electron chi connectivity index (χ1n) is 2.88. The molecule has 0 saturated heterocycles. The molecule has 1 aromatic carbocycles. The van der Waals surface area contributed by atoms with Crippen molar-refractivity contribution in [2.75, 3.05) is 0 Å². The Hall–Kier alpha value is -0.885. The fourth-order valence-electron chi connectivity index (χ4n) is 0.692. The molecular formula is C6H8BNO4S. The molecule has 0 bridgehead atoms. The first-order chi connectivity index (χ1) is 5.00. The molecule has 70 valence electrons. The Morgan fingerprint density at radius 3 is 2.08 bits per heavy atom. The molecule has 0 unspecified atom stereocenters. The minimum atomic E-state index is -3.61. The van der Waals surface area contributed by atoms with E-state index < -0.39 is 10.0 Å². The maximum absolute atomic E-state index is 10.7. The standard InChI is InChI=1S/C6H6BNO2S.2H2O/c7-5-2-1-3-6(4-5)11(8,9)10;;/h1-4H,(H2,8,9,10);2*1H2/q+2;;/p-2. The average Bonchev–Trinajstić information content (AvgIpc) is 1.86. The SMILES string of the molecule is [B+2]c1cccc(S(N)(=O)=O)c1.[OH-].[OH-]. The number of nitrogens with two attached hydrogens (primary N) is 1. The van der Waals surface area contributed by atoms with Crippen LogP contribution in [0.4, 0.5) is 0 Å². The van der Waals surface area contributed by atoms with Crippen LogP contribution in [0.5, 0.6) is 0 Å². The van der Waals surface area contributed by atoms with E-state index >= 15 is 0 Å².